The highest BCUT2D eigenvalue weighted by Gasteiger charge is 2.13. The summed E-state index contributed by atoms with van der Waals surface area (Å²) in [7, 11) is 0. The van der Waals surface area contributed by atoms with E-state index in [4.69, 9.17) is 5.11 Å². The van der Waals surface area contributed by atoms with E-state index in [-0.39, 0.29) is 6.54 Å². The standard InChI is InChI=1S/C7H12NO3/c1-3-8(5-9)4-6(2)7(10)11/h6H,3-4H2,1-2H3,(H,10,11). The van der Waals surface area contributed by atoms with Crippen molar-refractivity contribution in [1.82, 2.24) is 4.90 Å². The maximum atomic E-state index is 10.3. The molecule has 0 aromatic carbocycles. The summed E-state index contributed by atoms with van der Waals surface area (Å²) in [4.78, 5) is 21.7. The summed E-state index contributed by atoms with van der Waals surface area (Å²) < 4.78 is 0. The smallest absolute Gasteiger partial charge is 0.312 e. The highest BCUT2D eigenvalue weighted by Crippen LogP contribution is 1.97. The highest BCUT2D eigenvalue weighted by atomic mass is 16.4. The number of hydrogen-bond donors (Lipinski definition) is 1. The van der Waals surface area contributed by atoms with Crippen LogP contribution in [0, 0.1) is 5.92 Å². The van der Waals surface area contributed by atoms with Crippen LogP contribution in [0.3, 0.4) is 0 Å². The Balaban J connectivity index is 3.80. The van der Waals surface area contributed by atoms with Crippen LogP contribution in [0.4, 0.5) is 0 Å². The van der Waals surface area contributed by atoms with E-state index in [9.17, 15) is 9.59 Å². The molecule has 0 saturated heterocycles. The summed E-state index contributed by atoms with van der Waals surface area (Å²) in [5.74, 6) is -1.41. The second kappa shape index (κ2) is 4.71. The second-order valence-corrected chi connectivity index (χ2v) is 2.37. The lowest BCUT2D eigenvalue weighted by atomic mass is 10.2. The number of hydrogen-bond acceptors (Lipinski definition) is 2. The Hall–Kier alpha value is -1.06. The van der Waals surface area contributed by atoms with E-state index in [2.05, 4.69) is 0 Å². The van der Waals surface area contributed by atoms with Gasteiger partial charge in [0.25, 0.3) is 0 Å². The number of nitrogens with zero attached hydrogens (tertiary/aromatic N) is 1. The van der Waals surface area contributed by atoms with Crippen LogP contribution in [0.5, 0.6) is 0 Å². The van der Waals surface area contributed by atoms with Gasteiger partial charge < -0.3 is 10.0 Å². The molecular weight excluding hydrogens is 146 g/mol. The van der Waals surface area contributed by atoms with Gasteiger partial charge in [-0.25, -0.2) is 0 Å². The largest absolute Gasteiger partial charge is 0.481 e. The predicted octanol–water partition coefficient (Wildman–Crippen LogP) is 0.0962. The third-order valence-electron chi connectivity index (χ3n) is 1.43. The normalized spacial score (nSPS) is 12.2. The summed E-state index contributed by atoms with van der Waals surface area (Å²) in [5, 5.41) is 8.47. The molecule has 0 bridgehead atoms. The number of carbonyl (C=O) groups is 1. The minimum absolute atomic E-state index is 0.231. The molecule has 1 unspecified atom stereocenters. The van der Waals surface area contributed by atoms with Crippen molar-refractivity contribution in [2.24, 2.45) is 5.92 Å². The molecule has 0 aliphatic rings. The Morgan fingerprint density at radius 2 is 2.27 bits per heavy atom. The van der Waals surface area contributed by atoms with Crippen molar-refractivity contribution in [2.45, 2.75) is 13.8 Å². The first-order chi connectivity index (χ1) is 5.11. The van der Waals surface area contributed by atoms with Gasteiger partial charge in [-0.1, -0.05) is 6.92 Å². The molecule has 0 rings (SSSR count). The van der Waals surface area contributed by atoms with Gasteiger partial charge in [-0.15, -0.1) is 0 Å². The van der Waals surface area contributed by atoms with Crippen LogP contribution in [0.15, 0.2) is 0 Å². The maximum Gasteiger partial charge on any atom is 0.312 e. The number of carboxylic acids is 1. The quantitative estimate of drug-likeness (QED) is 0.577. The molecule has 0 aromatic heterocycles. The van der Waals surface area contributed by atoms with Crippen LogP contribution < -0.4 is 0 Å². The van der Waals surface area contributed by atoms with Crippen LogP contribution >= 0.6 is 0 Å². The molecule has 0 fully saturated rings. The fourth-order valence-corrected chi connectivity index (χ4v) is 0.640. The minimum Gasteiger partial charge on any atom is -0.481 e. The van der Waals surface area contributed by atoms with Crippen molar-refractivity contribution in [1.29, 1.82) is 0 Å². The third-order valence-corrected chi connectivity index (χ3v) is 1.43. The molecule has 0 aromatic rings. The van der Waals surface area contributed by atoms with E-state index >= 15 is 0 Å². The van der Waals surface area contributed by atoms with Crippen molar-refractivity contribution in [3.63, 3.8) is 0 Å². The van der Waals surface area contributed by atoms with E-state index in [0.717, 1.165) is 0 Å². The topological polar surface area (TPSA) is 57.6 Å². The predicted molar refractivity (Wildman–Crippen MR) is 39.7 cm³/mol. The molecule has 4 nitrogen and oxygen atoms in total. The van der Waals surface area contributed by atoms with Crippen molar-refractivity contribution >= 4 is 12.4 Å². The SMILES string of the molecule is CCN([C]=O)CC(C)C(=O)O. The minimum atomic E-state index is -0.890. The first-order valence-corrected chi connectivity index (χ1v) is 3.47. The fourth-order valence-electron chi connectivity index (χ4n) is 0.640. The molecule has 1 amide bonds. The summed E-state index contributed by atoms with van der Waals surface area (Å²) in [6.45, 7) is 4.07. The number of carbonyl (C=O) groups excluding carboxylic acids is 1. The van der Waals surface area contributed by atoms with Gasteiger partial charge in [0.2, 0.25) is 0 Å². The van der Waals surface area contributed by atoms with Crippen LogP contribution in [0.2, 0.25) is 0 Å². The number of carboxylic acid groups (broad SMARTS) is 1. The lowest BCUT2D eigenvalue weighted by Crippen LogP contribution is -2.30. The van der Waals surface area contributed by atoms with Crippen molar-refractivity contribution in [3.05, 3.63) is 0 Å². The van der Waals surface area contributed by atoms with Gasteiger partial charge >= 0.3 is 12.4 Å². The second-order valence-electron chi connectivity index (χ2n) is 2.37. The van der Waals surface area contributed by atoms with E-state index < -0.39 is 11.9 Å². The molecule has 4 heteroatoms. The van der Waals surface area contributed by atoms with Gasteiger partial charge in [-0.05, 0) is 6.92 Å². The van der Waals surface area contributed by atoms with Crippen LogP contribution in [-0.4, -0.2) is 35.5 Å². The van der Waals surface area contributed by atoms with Gasteiger partial charge in [-0.3, -0.25) is 9.59 Å². The number of amides is 1. The van der Waals surface area contributed by atoms with E-state index in [1.165, 1.54) is 4.90 Å². The van der Waals surface area contributed by atoms with Gasteiger partial charge in [0.15, 0.2) is 0 Å². The lowest BCUT2D eigenvalue weighted by molar-refractivity contribution is -0.141. The average Bonchev–Trinajstić information content (AvgIpc) is 1.99. The monoisotopic (exact) mass is 158 g/mol. The molecule has 0 heterocycles. The summed E-state index contributed by atoms with van der Waals surface area (Å²) in [5.41, 5.74) is 0. The van der Waals surface area contributed by atoms with E-state index in [1.807, 2.05) is 0 Å². The number of rotatable bonds is 5. The Morgan fingerprint density at radius 1 is 1.73 bits per heavy atom. The Labute approximate surface area is 65.8 Å². The number of aliphatic carboxylic acids is 1. The molecule has 1 radical (unpaired) electrons. The molecule has 0 spiro atoms. The van der Waals surface area contributed by atoms with Crippen molar-refractivity contribution in [3.8, 4) is 0 Å². The first kappa shape index (κ1) is 9.94. The lowest BCUT2D eigenvalue weighted by Gasteiger charge is -2.15. The molecule has 11 heavy (non-hydrogen) atoms. The average molecular weight is 158 g/mol. The third kappa shape index (κ3) is 3.60. The molecular formula is C7H12NO3. The summed E-state index contributed by atoms with van der Waals surface area (Å²) in [6, 6.07) is 0. The molecule has 0 aliphatic carbocycles. The molecule has 1 atom stereocenters. The highest BCUT2D eigenvalue weighted by molar-refractivity contribution is 5.70. The zero-order chi connectivity index (χ0) is 8.85. The maximum absolute atomic E-state index is 10.3. The first-order valence-electron chi connectivity index (χ1n) is 3.47. The van der Waals surface area contributed by atoms with Gasteiger partial charge in [-0.2, -0.15) is 0 Å². The molecule has 63 valence electrons. The van der Waals surface area contributed by atoms with Crippen LogP contribution in [0.1, 0.15) is 13.8 Å². The molecule has 0 aliphatic heterocycles. The fraction of sp³-hybridized carbons (Fsp3) is 0.714. The summed E-state index contributed by atoms with van der Waals surface area (Å²) in [6.07, 6.45) is 1.66. The Kier molecular flexibility index (Phi) is 4.26. The van der Waals surface area contributed by atoms with Gasteiger partial charge in [0.1, 0.15) is 0 Å². The van der Waals surface area contributed by atoms with E-state index in [0.29, 0.717) is 6.54 Å². The van der Waals surface area contributed by atoms with Gasteiger partial charge in [0, 0.05) is 13.1 Å². The van der Waals surface area contributed by atoms with Crippen LogP contribution in [0.25, 0.3) is 0 Å². The summed E-state index contributed by atoms with van der Waals surface area (Å²) >= 11 is 0. The Bertz CT molecular complexity index is 147. The Morgan fingerprint density at radius 3 is 2.55 bits per heavy atom. The van der Waals surface area contributed by atoms with Gasteiger partial charge in [0.05, 0.1) is 5.92 Å². The zero-order valence-electron chi connectivity index (χ0n) is 6.70. The van der Waals surface area contributed by atoms with E-state index in [1.54, 1.807) is 20.3 Å². The zero-order valence-corrected chi connectivity index (χ0v) is 6.70. The van der Waals surface area contributed by atoms with Crippen LogP contribution in [-0.2, 0) is 9.59 Å². The molecule has 1 N–H and O–H groups in total. The van der Waals surface area contributed by atoms with Crippen molar-refractivity contribution in [2.75, 3.05) is 13.1 Å². The molecule has 0 saturated carbocycles. The van der Waals surface area contributed by atoms with Crippen molar-refractivity contribution < 1.29 is 14.7 Å².